The maximum atomic E-state index is 13.1. The summed E-state index contributed by atoms with van der Waals surface area (Å²) in [7, 11) is 0. The largest absolute Gasteiger partial charge is 0.550 e. The number of hydrogen-bond acceptors (Lipinski definition) is 3. The molecule has 0 bridgehead atoms. The maximum Gasteiger partial charge on any atom is 0.228 e. The first kappa shape index (κ1) is 15.2. The van der Waals surface area contributed by atoms with E-state index in [0.717, 1.165) is 11.1 Å². The van der Waals surface area contributed by atoms with Crippen molar-refractivity contribution in [3.63, 3.8) is 0 Å². The van der Waals surface area contributed by atoms with Crippen molar-refractivity contribution < 1.29 is 19.1 Å². The lowest BCUT2D eigenvalue weighted by Crippen LogP contribution is -2.42. The summed E-state index contributed by atoms with van der Waals surface area (Å²) < 4.78 is 13.1. The van der Waals surface area contributed by atoms with E-state index in [1.807, 2.05) is 13.8 Å². The number of amides is 1. The highest BCUT2D eigenvalue weighted by Gasteiger charge is 2.33. The summed E-state index contributed by atoms with van der Waals surface area (Å²) in [5.74, 6) is -3.63. The molecule has 1 aromatic rings. The highest BCUT2D eigenvalue weighted by Crippen LogP contribution is 2.34. The third-order valence-corrected chi connectivity index (χ3v) is 4.00. The molecule has 0 radical (unpaired) electrons. The molecule has 112 valence electrons. The number of aliphatic carboxylic acids is 1. The van der Waals surface area contributed by atoms with Crippen LogP contribution in [0.3, 0.4) is 0 Å². The lowest BCUT2D eigenvalue weighted by molar-refractivity contribution is -0.313. The standard InChI is InChI=1S/C16H18FNO3/c1-9-6-13(14(16(20)21)7-10(9)2)15(19)18-12-5-3-4-11(17)8-12/h3-5,8,13-14H,6-7H2,1-2H3,(H,18,19)(H,20,21)/p-1/t13-,14-/m0/s1. The molecule has 1 amide bonds. The number of halogens is 1. The van der Waals surface area contributed by atoms with Crippen LogP contribution >= 0.6 is 0 Å². The fourth-order valence-electron chi connectivity index (χ4n) is 2.62. The number of carbonyl (C=O) groups is 2. The molecule has 0 spiro atoms. The van der Waals surface area contributed by atoms with Crippen LogP contribution in [-0.4, -0.2) is 11.9 Å². The smallest absolute Gasteiger partial charge is 0.228 e. The molecule has 21 heavy (non-hydrogen) atoms. The molecule has 1 aromatic carbocycles. The number of allylic oxidation sites excluding steroid dienone is 2. The number of rotatable bonds is 3. The summed E-state index contributed by atoms with van der Waals surface area (Å²) in [5, 5.41) is 13.8. The average Bonchev–Trinajstić information content (AvgIpc) is 2.41. The second kappa shape index (κ2) is 6.08. The third-order valence-electron chi connectivity index (χ3n) is 4.00. The quantitative estimate of drug-likeness (QED) is 0.864. The minimum atomic E-state index is -1.22. The Bertz CT molecular complexity index is 609. The zero-order valence-electron chi connectivity index (χ0n) is 12.0. The molecule has 0 fully saturated rings. The lowest BCUT2D eigenvalue weighted by Gasteiger charge is -2.32. The number of nitrogens with one attached hydrogen (secondary N) is 1. The molecule has 1 aliphatic rings. The van der Waals surface area contributed by atoms with Crippen molar-refractivity contribution in [2.75, 3.05) is 5.32 Å². The highest BCUT2D eigenvalue weighted by atomic mass is 19.1. The summed E-state index contributed by atoms with van der Waals surface area (Å²) >= 11 is 0. The molecule has 0 unspecified atom stereocenters. The van der Waals surface area contributed by atoms with E-state index in [0.29, 0.717) is 18.5 Å². The van der Waals surface area contributed by atoms with Gasteiger partial charge in [0.25, 0.3) is 0 Å². The number of anilines is 1. The van der Waals surface area contributed by atoms with Crippen molar-refractivity contribution in [3.05, 3.63) is 41.2 Å². The topological polar surface area (TPSA) is 69.2 Å². The van der Waals surface area contributed by atoms with E-state index in [2.05, 4.69) is 5.32 Å². The summed E-state index contributed by atoms with van der Waals surface area (Å²) in [6, 6.07) is 5.52. The van der Waals surface area contributed by atoms with Crippen molar-refractivity contribution >= 4 is 17.6 Å². The van der Waals surface area contributed by atoms with Gasteiger partial charge in [0.1, 0.15) is 5.82 Å². The van der Waals surface area contributed by atoms with Crippen LogP contribution in [0.5, 0.6) is 0 Å². The van der Waals surface area contributed by atoms with Crippen LogP contribution in [-0.2, 0) is 9.59 Å². The SMILES string of the molecule is CC1=C(C)C[C@H](C(=O)Nc2cccc(F)c2)[C@@H](C(=O)[O-])C1. The van der Waals surface area contributed by atoms with E-state index >= 15 is 0 Å². The van der Waals surface area contributed by atoms with Gasteiger partial charge in [0, 0.05) is 17.6 Å². The van der Waals surface area contributed by atoms with E-state index in [9.17, 15) is 19.1 Å². The molecule has 0 heterocycles. The van der Waals surface area contributed by atoms with E-state index in [1.54, 1.807) is 6.07 Å². The second-order valence-corrected chi connectivity index (χ2v) is 5.50. The Morgan fingerprint density at radius 2 is 1.81 bits per heavy atom. The van der Waals surface area contributed by atoms with Crippen LogP contribution in [0.4, 0.5) is 10.1 Å². The fourth-order valence-corrected chi connectivity index (χ4v) is 2.62. The highest BCUT2D eigenvalue weighted by molar-refractivity contribution is 5.95. The zero-order valence-corrected chi connectivity index (χ0v) is 12.0. The first-order valence-corrected chi connectivity index (χ1v) is 6.81. The summed E-state index contributed by atoms with van der Waals surface area (Å²) in [6.07, 6.45) is 0.695. The number of carbonyl (C=O) groups excluding carboxylic acids is 2. The average molecular weight is 290 g/mol. The monoisotopic (exact) mass is 290 g/mol. The van der Waals surface area contributed by atoms with Gasteiger partial charge in [-0.2, -0.15) is 0 Å². The van der Waals surface area contributed by atoms with Gasteiger partial charge in [-0.3, -0.25) is 4.79 Å². The molecule has 5 heteroatoms. The Morgan fingerprint density at radius 1 is 1.19 bits per heavy atom. The Morgan fingerprint density at radius 3 is 2.38 bits per heavy atom. The van der Waals surface area contributed by atoms with E-state index in [1.165, 1.54) is 18.2 Å². The Hall–Kier alpha value is -2.17. The number of carboxylic acid groups (broad SMARTS) is 1. The van der Waals surface area contributed by atoms with Crippen molar-refractivity contribution in [3.8, 4) is 0 Å². The van der Waals surface area contributed by atoms with Gasteiger partial charge in [0.15, 0.2) is 0 Å². The van der Waals surface area contributed by atoms with Gasteiger partial charge in [0.2, 0.25) is 5.91 Å². The first-order valence-electron chi connectivity index (χ1n) is 6.81. The number of benzene rings is 1. The van der Waals surface area contributed by atoms with Gasteiger partial charge in [-0.1, -0.05) is 17.2 Å². The molecule has 0 aliphatic heterocycles. The van der Waals surface area contributed by atoms with Crippen LogP contribution in [0.25, 0.3) is 0 Å². The number of carboxylic acids is 1. The normalized spacial score (nSPS) is 22.0. The Balaban J connectivity index is 2.18. The summed E-state index contributed by atoms with van der Waals surface area (Å²) in [5.41, 5.74) is 2.33. The zero-order chi connectivity index (χ0) is 15.6. The predicted molar refractivity (Wildman–Crippen MR) is 74.6 cm³/mol. The first-order chi connectivity index (χ1) is 9.88. The molecule has 2 atom stereocenters. The van der Waals surface area contributed by atoms with Crippen molar-refractivity contribution in [2.24, 2.45) is 11.8 Å². The van der Waals surface area contributed by atoms with Gasteiger partial charge in [-0.15, -0.1) is 0 Å². The lowest BCUT2D eigenvalue weighted by atomic mass is 9.76. The van der Waals surface area contributed by atoms with Crippen molar-refractivity contribution in [2.45, 2.75) is 26.7 Å². The summed E-state index contributed by atoms with van der Waals surface area (Å²) in [6.45, 7) is 3.76. The van der Waals surface area contributed by atoms with Crippen LogP contribution in [0.2, 0.25) is 0 Å². The van der Waals surface area contributed by atoms with Crippen LogP contribution in [0, 0.1) is 17.7 Å². The molecule has 1 N–H and O–H groups in total. The molecule has 0 saturated heterocycles. The van der Waals surface area contributed by atoms with Crippen molar-refractivity contribution in [1.82, 2.24) is 0 Å². The maximum absolute atomic E-state index is 13.1. The molecular weight excluding hydrogens is 273 g/mol. The van der Waals surface area contributed by atoms with Gasteiger partial charge >= 0.3 is 0 Å². The summed E-state index contributed by atoms with van der Waals surface area (Å²) in [4.78, 5) is 23.6. The Kier molecular flexibility index (Phi) is 4.40. The van der Waals surface area contributed by atoms with Gasteiger partial charge in [-0.05, 0) is 44.9 Å². The molecule has 0 saturated carbocycles. The van der Waals surface area contributed by atoms with Gasteiger partial charge in [0.05, 0.1) is 5.92 Å². The van der Waals surface area contributed by atoms with Crippen molar-refractivity contribution in [1.29, 1.82) is 0 Å². The fraction of sp³-hybridized carbons (Fsp3) is 0.375. The van der Waals surface area contributed by atoms with E-state index in [-0.39, 0.29) is 0 Å². The second-order valence-electron chi connectivity index (χ2n) is 5.50. The van der Waals surface area contributed by atoms with Crippen LogP contribution in [0.15, 0.2) is 35.4 Å². The Labute approximate surface area is 122 Å². The van der Waals surface area contributed by atoms with Crippen LogP contribution < -0.4 is 10.4 Å². The molecule has 1 aliphatic carbocycles. The van der Waals surface area contributed by atoms with Gasteiger partial charge < -0.3 is 15.2 Å². The minimum Gasteiger partial charge on any atom is -0.550 e. The molecule has 0 aromatic heterocycles. The molecular formula is C16H17FNO3-. The number of hydrogen-bond donors (Lipinski definition) is 1. The molecule has 4 nitrogen and oxygen atoms in total. The minimum absolute atomic E-state index is 0.315. The van der Waals surface area contributed by atoms with E-state index in [4.69, 9.17) is 0 Å². The van der Waals surface area contributed by atoms with Gasteiger partial charge in [-0.25, -0.2) is 4.39 Å². The molecule has 2 rings (SSSR count). The van der Waals surface area contributed by atoms with E-state index < -0.39 is 29.5 Å². The predicted octanol–water partition coefficient (Wildman–Crippen LogP) is 1.88. The van der Waals surface area contributed by atoms with Crippen LogP contribution in [0.1, 0.15) is 26.7 Å². The third kappa shape index (κ3) is 3.48.